The van der Waals surface area contributed by atoms with Gasteiger partial charge in [-0.05, 0) is 37.5 Å². The third-order valence-electron chi connectivity index (χ3n) is 5.01. The van der Waals surface area contributed by atoms with E-state index in [9.17, 15) is 13.6 Å². The first-order valence-electron chi connectivity index (χ1n) is 10.7. The van der Waals surface area contributed by atoms with Crippen LogP contribution in [0.3, 0.4) is 0 Å². The Labute approximate surface area is 201 Å². The first kappa shape index (κ1) is 27.5. The molecule has 1 saturated heterocycles. The smallest absolute Gasteiger partial charge is 0.225 e. The van der Waals surface area contributed by atoms with E-state index in [2.05, 4.69) is 25.8 Å². The van der Waals surface area contributed by atoms with Crippen molar-refractivity contribution in [2.24, 2.45) is 10.4 Å². The molecule has 1 amide bonds. The van der Waals surface area contributed by atoms with E-state index in [0.29, 0.717) is 25.7 Å². The van der Waals surface area contributed by atoms with Crippen molar-refractivity contribution in [2.75, 3.05) is 32.7 Å². The molecular weight excluding hydrogens is 515 g/mol. The second kappa shape index (κ2) is 13.1. The first-order chi connectivity index (χ1) is 14.2. The van der Waals surface area contributed by atoms with Gasteiger partial charge in [0.25, 0.3) is 0 Å². The van der Waals surface area contributed by atoms with Crippen LogP contribution in [-0.4, -0.2) is 55.5 Å². The highest BCUT2D eigenvalue weighted by molar-refractivity contribution is 14.0. The van der Waals surface area contributed by atoms with Crippen LogP contribution in [0.2, 0.25) is 0 Å². The quantitative estimate of drug-likeness (QED) is 0.211. The molecule has 1 aromatic carbocycles. The van der Waals surface area contributed by atoms with E-state index in [1.54, 1.807) is 6.07 Å². The summed E-state index contributed by atoms with van der Waals surface area (Å²) in [7, 11) is 0. The Kier molecular flexibility index (Phi) is 11.7. The van der Waals surface area contributed by atoms with E-state index in [4.69, 9.17) is 0 Å². The maximum atomic E-state index is 13.4. The molecule has 31 heavy (non-hydrogen) atoms. The predicted octanol–water partition coefficient (Wildman–Crippen LogP) is 3.26. The topological polar surface area (TPSA) is 68.8 Å². The van der Waals surface area contributed by atoms with E-state index >= 15 is 0 Å². The summed E-state index contributed by atoms with van der Waals surface area (Å²) in [5.74, 6) is -0.838. The second-order valence-corrected chi connectivity index (χ2v) is 8.71. The Morgan fingerprint density at radius 3 is 2.42 bits per heavy atom. The van der Waals surface area contributed by atoms with Gasteiger partial charge in [0.05, 0.1) is 6.54 Å². The molecule has 0 spiro atoms. The fraction of sp³-hybridized carbons (Fsp3) is 0.636. The number of benzene rings is 1. The molecule has 1 fully saturated rings. The van der Waals surface area contributed by atoms with Crippen LogP contribution < -0.4 is 16.0 Å². The van der Waals surface area contributed by atoms with E-state index in [1.807, 2.05) is 27.7 Å². The van der Waals surface area contributed by atoms with Crippen molar-refractivity contribution in [3.63, 3.8) is 0 Å². The lowest BCUT2D eigenvalue weighted by Crippen LogP contribution is -2.48. The van der Waals surface area contributed by atoms with E-state index in [-0.39, 0.29) is 29.9 Å². The number of carbonyl (C=O) groups excluding carboxylic acids is 1. The number of nitrogens with zero attached hydrogens (tertiary/aromatic N) is 2. The molecule has 0 aromatic heterocycles. The molecule has 6 nitrogen and oxygen atoms in total. The lowest BCUT2D eigenvalue weighted by molar-refractivity contribution is -0.128. The van der Waals surface area contributed by atoms with Crippen LogP contribution in [0.1, 0.15) is 46.1 Å². The van der Waals surface area contributed by atoms with Gasteiger partial charge in [0.1, 0.15) is 0 Å². The van der Waals surface area contributed by atoms with Gasteiger partial charge >= 0.3 is 0 Å². The molecule has 1 aromatic rings. The van der Waals surface area contributed by atoms with Gasteiger partial charge in [-0.15, -0.1) is 24.0 Å². The molecule has 1 aliphatic heterocycles. The van der Waals surface area contributed by atoms with Crippen molar-refractivity contribution >= 4 is 35.8 Å². The van der Waals surface area contributed by atoms with Gasteiger partial charge in [-0.1, -0.05) is 26.8 Å². The number of hydrogen-bond donors (Lipinski definition) is 3. The average Bonchev–Trinajstić information content (AvgIpc) is 2.68. The van der Waals surface area contributed by atoms with Crippen LogP contribution >= 0.6 is 24.0 Å². The number of hydrogen-bond acceptors (Lipinski definition) is 3. The third-order valence-corrected chi connectivity index (χ3v) is 5.01. The summed E-state index contributed by atoms with van der Waals surface area (Å²) in [5, 5.41) is 9.61. The SMILES string of the molecule is CCNC(=NCCNC(=O)C(C)(C)C)NC1CCN(Cc2ccc(F)c(F)c2)CC1.I. The zero-order valence-corrected chi connectivity index (χ0v) is 21.3. The minimum Gasteiger partial charge on any atom is -0.357 e. The number of guanidine groups is 1. The fourth-order valence-electron chi connectivity index (χ4n) is 3.25. The number of halogens is 3. The summed E-state index contributed by atoms with van der Waals surface area (Å²) in [6.07, 6.45) is 1.88. The summed E-state index contributed by atoms with van der Waals surface area (Å²) >= 11 is 0. The summed E-state index contributed by atoms with van der Waals surface area (Å²) in [6.45, 7) is 11.8. The summed E-state index contributed by atoms with van der Waals surface area (Å²) < 4.78 is 26.5. The number of nitrogens with one attached hydrogen (secondary N) is 3. The second-order valence-electron chi connectivity index (χ2n) is 8.71. The highest BCUT2D eigenvalue weighted by atomic mass is 127. The van der Waals surface area contributed by atoms with Crippen LogP contribution in [0.4, 0.5) is 8.78 Å². The van der Waals surface area contributed by atoms with Crippen LogP contribution in [-0.2, 0) is 11.3 Å². The molecule has 1 aliphatic rings. The van der Waals surface area contributed by atoms with Crippen molar-refractivity contribution in [3.8, 4) is 0 Å². The zero-order valence-electron chi connectivity index (χ0n) is 18.9. The van der Waals surface area contributed by atoms with Gasteiger partial charge in [-0.2, -0.15) is 0 Å². The van der Waals surface area contributed by atoms with Crippen molar-refractivity contribution in [1.82, 2.24) is 20.9 Å². The average molecular weight is 551 g/mol. The van der Waals surface area contributed by atoms with Crippen LogP contribution in [0.25, 0.3) is 0 Å². The number of carbonyl (C=O) groups is 1. The first-order valence-corrected chi connectivity index (χ1v) is 10.7. The van der Waals surface area contributed by atoms with Gasteiger partial charge in [0.2, 0.25) is 5.91 Å². The molecule has 0 aliphatic carbocycles. The van der Waals surface area contributed by atoms with Crippen LogP contribution in [0.15, 0.2) is 23.2 Å². The monoisotopic (exact) mass is 551 g/mol. The van der Waals surface area contributed by atoms with Crippen LogP contribution in [0.5, 0.6) is 0 Å². The summed E-state index contributed by atoms with van der Waals surface area (Å²) in [4.78, 5) is 18.7. The number of rotatable bonds is 7. The van der Waals surface area contributed by atoms with Gasteiger partial charge in [-0.3, -0.25) is 14.7 Å². The van der Waals surface area contributed by atoms with Gasteiger partial charge < -0.3 is 16.0 Å². The Hall–Kier alpha value is -1.49. The lowest BCUT2D eigenvalue weighted by atomic mass is 9.96. The van der Waals surface area contributed by atoms with Crippen molar-refractivity contribution in [2.45, 2.75) is 53.1 Å². The maximum absolute atomic E-state index is 13.4. The number of likely N-dealkylation sites (tertiary alicyclic amines) is 1. The highest BCUT2D eigenvalue weighted by Crippen LogP contribution is 2.16. The molecule has 0 unspecified atom stereocenters. The van der Waals surface area contributed by atoms with E-state index < -0.39 is 17.0 Å². The zero-order chi connectivity index (χ0) is 22.1. The third kappa shape index (κ3) is 9.67. The van der Waals surface area contributed by atoms with Crippen molar-refractivity contribution in [3.05, 3.63) is 35.4 Å². The molecule has 176 valence electrons. The molecule has 9 heteroatoms. The van der Waals surface area contributed by atoms with Crippen molar-refractivity contribution in [1.29, 1.82) is 0 Å². The van der Waals surface area contributed by atoms with E-state index in [0.717, 1.165) is 44.0 Å². The number of amides is 1. The van der Waals surface area contributed by atoms with E-state index in [1.165, 1.54) is 12.1 Å². The molecule has 0 bridgehead atoms. The number of aliphatic imine (C=N–C) groups is 1. The highest BCUT2D eigenvalue weighted by Gasteiger charge is 2.21. The van der Waals surface area contributed by atoms with Gasteiger partial charge in [-0.25, -0.2) is 8.78 Å². The largest absolute Gasteiger partial charge is 0.357 e. The molecule has 1 heterocycles. The molecular formula is C22H36F2IN5O. The molecule has 0 saturated carbocycles. The molecule has 0 atom stereocenters. The standard InChI is InChI=1S/C22H35F2N5O.HI/c1-5-25-21(27-11-10-26-20(30)22(2,3)4)28-17-8-12-29(13-9-17)15-16-6-7-18(23)19(24)14-16;/h6-7,14,17H,5,8-13,15H2,1-4H3,(H,26,30)(H2,25,27,28);1H. The normalized spacial score (nSPS) is 15.9. The van der Waals surface area contributed by atoms with Gasteiger partial charge in [0, 0.05) is 44.2 Å². The van der Waals surface area contributed by atoms with Crippen LogP contribution in [0, 0.1) is 17.0 Å². The summed E-state index contributed by atoms with van der Waals surface area (Å²) in [5.41, 5.74) is 0.382. The van der Waals surface area contributed by atoms with Crippen molar-refractivity contribution < 1.29 is 13.6 Å². The maximum Gasteiger partial charge on any atom is 0.225 e. The lowest BCUT2D eigenvalue weighted by Gasteiger charge is -2.33. The molecule has 0 radical (unpaired) electrons. The Morgan fingerprint density at radius 1 is 1.16 bits per heavy atom. The minimum absolute atomic E-state index is 0. The summed E-state index contributed by atoms with van der Waals surface area (Å²) in [6, 6.07) is 4.39. The minimum atomic E-state index is -0.810. The molecule has 2 rings (SSSR count). The Balaban J connectivity index is 0.00000480. The fourth-order valence-corrected chi connectivity index (χ4v) is 3.25. The number of piperidine rings is 1. The Morgan fingerprint density at radius 2 is 1.84 bits per heavy atom. The van der Waals surface area contributed by atoms with Gasteiger partial charge in [0.15, 0.2) is 17.6 Å². The predicted molar refractivity (Wildman–Crippen MR) is 132 cm³/mol. The Bertz CT molecular complexity index is 731. The molecule has 3 N–H and O–H groups in total.